The average molecular weight is 320 g/mol. The number of aryl methyl sites for hydroxylation is 1. The molecule has 4 atom stereocenters. The van der Waals surface area contributed by atoms with Crippen molar-refractivity contribution in [3.05, 3.63) is 22.0 Å². The number of amides is 1. The van der Waals surface area contributed by atoms with Crippen LogP contribution in [0.1, 0.15) is 44.7 Å². The Morgan fingerprint density at radius 3 is 2.87 bits per heavy atom. The van der Waals surface area contributed by atoms with E-state index in [0.29, 0.717) is 24.6 Å². The second-order valence-electron chi connectivity index (χ2n) is 7.04. The summed E-state index contributed by atoms with van der Waals surface area (Å²) in [7, 11) is 0. The zero-order valence-corrected chi connectivity index (χ0v) is 13.7. The molecule has 7 nitrogen and oxygen atoms in total. The first kappa shape index (κ1) is 16.0. The topological polar surface area (TPSA) is 90.1 Å². The number of hydrogen-bond acceptors (Lipinski definition) is 4. The summed E-state index contributed by atoms with van der Waals surface area (Å²) >= 11 is 0. The number of nitrogens with one attached hydrogen (secondary N) is 1. The summed E-state index contributed by atoms with van der Waals surface area (Å²) in [6.45, 7) is 4.13. The minimum absolute atomic E-state index is 0.000701. The summed E-state index contributed by atoms with van der Waals surface area (Å²) < 4.78 is 1.53. The first-order valence-electron chi connectivity index (χ1n) is 8.42. The molecule has 2 fully saturated rings. The number of hydrogen-bond donors (Lipinski definition) is 1. The highest BCUT2D eigenvalue weighted by Crippen LogP contribution is 2.49. The summed E-state index contributed by atoms with van der Waals surface area (Å²) in [5.41, 5.74) is 0.490. The molecular weight excluding hydrogens is 296 g/mol. The average Bonchev–Trinajstić information content (AvgIpc) is 3.20. The monoisotopic (exact) mass is 320 g/mol. The number of fused-ring (bicyclic) bond motifs is 2. The molecule has 7 heteroatoms. The van der Waals surface area contributed by atoms with E-state index in [1.165, 1.54) is 36.6 Å². The van der Waals surface area contributed by atoms with Crippen LogP contribution >= 0.6 is 0 Å². The van der Waals surface area contributed by atoms with Crippen molar-refractivity contribution in [1.82, 2.24) is 15.1 Å². The molecule has 23 heavy (non-hydrogen) atoms. The van der Waals surface area contributed by atoms with Crippen LogP contribution in [0.15, 0.2) is 6.20 Å². The van der Waals surface area contributed by atoms with Gasteiger partial charge in [0, 0.05) is 12.5 Å². The van der Waals surface area contributed by atoms with Gasteiger partial charge >= 0.3 is 5.69 Å². The minimum atomic E-state index is -0.448. The normalized spacial score (nSPS) is 27.1. The Labute approximate surface area is 135 Å². The van der Waals surface area contributed by atoms with Crippen LogP contribution in [0, 0.1) is 34.8 Å². The first-order valence-corrected chi connectivity index (χ1v) is 8.42. The molecule has 0 saturated heterocycles. The molecule has 0 aliphatic heterocycles. The van der Waals surface area contributed by atoms with Gasteiger partial charge in [0.1, 0.15) is 11.9 Å². The molecule has 2 aliphatic carbocycles. The number of rotatable bonds is 6. The molecule has 2 bridgehead atoms. The van der Waals surface area contributed by atoms with Crippen LogP contribution in [0.25, 0.3) is 0 Å². The van der Waals surface area contributed by atoms with Crippen molar-refractivity contribution in [3.63, 3.8) is 0 Å². The van der Waals surface area contributed by atoms with E-state index in [2.05, 4.69) is 17.3 Å². The summed E-state index contributed by atoms with van der Waals surface area (Å²) in [6.07, 6.45) is 6.79. The smallest absolute Gasteiger partial charge is 0.309 e. The fraction of sp³-hybridized carbons (Fsp3) is 0.750. The molecule has 1 amide bonds. The molecule has 1 heterocycles. The van der Waals surface area contributed by atoms with Crippen LogP contribution in [-0.2, 0) is 11.3 Å². The predicted molar refractivity (Wildman–Crippen MR) is 84.8 cm³/mol. The van der Waals surface area contributed by atoms with Crippen molar-refractivity contribution in [3.8, 4) is 0 Å². The van der Waals surface area contributed by atoms with E-state index in [9.17, 15) is 14.9 Å². The SMILES string of the molecule is Cc1c([N+](=O)[O-])cnn1CCC(=O)N[C@H](C)[C@H]1C[C@H]2CC[C@H]1C2. The third-order valence-corrected chi connectivity index (χ3v) is 5.65. The lowest BCUT2D eigenvalue weighted by atomic mass is 9.84. The van der Waals surface area contributed by atoms with Gasteiger partial charge in [-0.05, 0) is 50.9 Å². The highest BCUT2D eigenvalue weighted by atomic mass is 16.6. The van der Waals surface area contributed by atoms with Crippen LogP contribution in [0.3, 0.4) is 0 Å². The molecule has 1 N–H and O–H groups in total. The Morgan fingerprint density at radius 1 is 1.52 bits per heavy atom. The maximum absolute atomic E-state index is 12.2. The summed E-state index contributed by atoms with van der Waals surface area (Å²) in [5.74, 6) is 2.27. The molecule has 1 aromatic heterocycles. The van der Waals surface area contributed by atoms with Crippen LogP contribution in [0.4, 0.5) is 5.69 Å². The number of carbonyl (C=O) groups is 1. The molecule has 2 aliphatic rings. The number of aromatic nitrogens is 2. The van der Waals surface area contributed by atoms with Gasteiger partial charge in [0.2, 0.25) is 5.91 Å². The fourth-order valence-electron chi connectivity index (χ4n) is 4.39. The van der Waals surface area contributed by atoms with Gasteiger partial charge in [-0.3, -0.25) is 19.6 Å². The first-order chi connectivity index (χ1) is 11.0. The van der Waals surface area contributed by atoms with Gasteiger partial charge in [-0.15, -0.1) is 0 Å². The summed E-state index contributed by atoms with van der Waals surface area (Å²) in [4.78, 5) is 22.5. The quantitative estimate of drug-likeness (QED) is 0.644. The lowest BCUT2D eigenvalue weighted by Gasteiger charge is -2.28. The predicted octanol–water partition coefficient (Wildman–Crippen LogP) is 2.43. The minimum Gasteiger partial charge on any atom is -0.353 e. The summed E-state index contributed by atoms with van der Waals surface area (Å²) in [5, 5.41) is 17.9. The maximum atomic E-state index is 12.2. The Morgan fingerprint density at radius 2 is 2.30 bits per heavy atom. The summed E-state index contributed by atoms with van der Waals surface area (Å²) in [6, 6.07) is 0.214. The molecule has 0 unspecified atom stereocenters. The van der Waals surface area contributed by atoms with E-state index in [-0.39, 0.29) is 17.6 Å². The van der Waals surface area contributed by atoms with E-state index >= 15 is 0 Å². The molecule has 0 radical (unpaired) electrons. The van der Waals surface area contributed by atoms with Gasteiger partial charge in [0.15, 0.2) is 0 Å². The van der Waals surface area contributed by atoms with Crippen molar-refractivity contribution in [2.45, 2.75) is 58.5 Å². The van der Waals surface area contributed by atoms with Crippen molar-refractivity contribution in [2.24, 2.45) is 17.8 Å². The number of nitrogens with zero attached hydrogens (tertiary/aromatic N) is 3. The largest absolute Gasteiger partial charge is 0.353 e. The van der Waals surface area contributed by atoms with E-state index in [1.54, 1.807) is 6.92 Å². The van der Waals surface area contributed by atoms with Crippen molar-refractivity contribution in [2.75, 3.05) is 0 Å². The highest BCUT2D eigenvalue weighted by molar-refractivity contribution is 5.76. The van der Waals surface area contributed by atoms with Crippen LogP contribution in [-0.4, -0.2) is 26.7 Å². The second-order valence-corrected chi connectivity index (χ2v) is 7.04. The molecular formula is C16H24N4O3. The maximum Gasteiger partial charge on any atom is 0.309 e. The van der Waals surface area contributed by atoms with E-state index in [4.69, 9.17) is 0 Å². The lowest BCUT2D eigenvalue weighted by molar-refractivity contribution is -0.385. The standard InChI is InChI=1S/C16H24N4O3/c1-10(14-8-12-3-4-13(14)7-12)18-16(21)5-6-19-11(2)15(9-17-19)20(22)23/h9-10,12-14H,3-8H2,1-2H3,(H,18,21)/t10-,12+,13+,14-/m1/s1. The molecule has 126 valence electrons. The molecule has 2 saturated carbocycles. The lowest BCUT2D eigenvalue weighted by Crippen LogP contribution is -2.40. The van der Waals surface area contributed by atoms with E-state index < -0.39 is 4.92 Å². The zero-order chi connectivity index (χ0) is 16.6. The van der Waals surface area contributed by atoms with Gasteiger partial charge in [-0.2, -0.15) is 5.10 Å². The zero-order valence-electron chi connectivity index (χ0n) is 13.7. The Bertz CT molecular complexity index is 612. The third-order valence-electron chi connectivity index (χ3n) is 5.65. The van der Waals surface area contributed by atoms with Crippen LogP contribution < -0.4 is 5.32 Å². The van der Waals surface area contributed by atoms with Gasteiger partial charge in [0.25, 0.3) is 0 Å². The van der Waals surface area contributed by atoms with Gasteiger partial charge < -0.3 is 5.32 Å². The van der Waals surface area contributed by atoms with Gasteiger partial charge in [-0.1, -0.05) is 6.42 Å². The molecule has 1 aromatic rings. The van der Waals surface area contributed by atoms with E-state index in [1.807, 2.05) is 0 Å². The van der Waals surface area contributed by atoms with Crippen LogP contribution in [0.5, 0.6) is 0 Å². The van der Waals surface area contributed by atoms with E-state index in [0.717, 1.165) is 11.8 Å². The van der Waals surface area contributed by atoms with Crippen molar-refractivity contribution in [1.29, 1.82) is 0 Å². The molecule has 0 spiro atoms. The van der Waals surface area contributed by atoms with Crippen LogP contribution in [0.2, 0.25) is 0 Å². The number of carbonyl (C=O) groups excluding carboxylic acids is 1. The van der Waals surface area contributed by atoms with Crippen molar-refractivity contribution < 1.29 is 9.72 Å². The number of nitro groups is 1. The van der Waals surface area contributed by atoms with Gasteiger partial charge in [0.05, 0.1) is 11.5 Å². The Hall–Kier alpha value is -1.92. The Kier molecular flexibility index (Phi) is 4.37. The third kappa shape index (κ3) is 3.23. The fourth-order valence-corrected chi connectivity index (χ4v) is 4.39. The highest BCUT2D eigenvalue weighted by Gasteiger charge is 2.42. The molecule has 0 aromatic carbocycles. The molecule has 3 rings (SSSR count). The Balaban J connectivity index is 1.49. The van der Waals surface area contributed by atoms with Crippen molar-refractivity contribution >= 4 is 11.6 Å². The second kappa shape index (κ2) is 6.29. The van der Waals surface area contributed by atoms with Gasteiger partial charge in [-0.25, -0.2) is 0 Å².